The van der Waals surface area contributed by atoms with Crippen LogP contribution in [0.3, 0.4) is 0 Å². The Morgan fingerprint density at radius 3 is 2.38 bits per heavy atom. The molecule has 1 amide bonds. The van der Waals surface area contributed by atoms with E-state index < -0.39 is 11.7 Å². The van der Waals surface area contributed by atoms with Gasteiger partial charge in [0.05, 0.1) is 21.3 Å². The van der Waals surface area contributed by atoms with Gasteiger partial charge in [0.2, 0.25) is 0 Å². The molecule has 0 spiro atoms. The minimum atomic E-state index is -0.604. The molecule has 2 aromatic rings. The summed E-state index contributed by atoms with van der Waals surface area (Å²) in [6.45, 7) is 0.363. The topological polar surface area (TPSA) is 50.3 Å². The lowest BCUT2D eigenvalue weighted by atomic mass is 10.1. The van der Waals surface area contributed by atoms with Crippen molar-refractivity contribution in [2.45, 2.75) is 6.42 Å². The number of fused-ring (bicyclic) bond motifs is 1. The molecule has 3 rings (SSSR count). The Morgan fingerprint density at radius 1 is 1.00 bits per heavy atom. The number of anilines is 1. The fourth-order valence-corrected chi connectivity index (χ4v) is 2.85. The normalized spacial score (nSPS) is 13.7. The molecule has 0 atom stereocenters. The molecule has 0 saturated carbocycles. The van der Waals surface area contributed by atoms with E-state index in [1.807, 2.05) is 12.1 Å². The predicted octanol–water partition coefficient (Wildman–Crippen LogP) is 3.16. The summed E-state index contributed by atoms with van der Waals surface area (Å²) in [4.78, 5) is 29.5. The lowest BCUT2D eigenvalue weighted by molar-refractivity contribution is -0.114. The highest BCUT2D eigenvalue weighted by Gasteiger charge is 2.38. The van der Waals surface area contributed by atoms with Gasteiger partial charge in [-0.05, 0) is 36.2 Å². The van der Waals surface area contributed by atoms with Gasteiger partial charge in [0.1, 0.15) is 0 Å². The van der Waals surface area contributed by atoms with Gasteiger partial charge >= 0.3 is 0 Å². The molecule has 1 aliphatic rings. The second kappa shape index (κ2) is 5.47. The number of Topliss-reactive ketones (excluding diaryl/α,β-unsaturated/α-hetero) is 1. The van der Waals surface area contributed by atoms with Gasteiger partial charge in [-0.1, -0.05) is 23.2 Å². The van der Waals surface area contributed by atoms with Gasteiger partial charge in [0.15, 0.2) is 0 Å². The SMILES string of the molecule is O=C1C(=O)N(CCc2ccncc2)c2c(Cl)ccc(Cl)c21. The highest BCUT2D eigenvalue weighted by molar-refractivity contribution is 6.56. The van der Waals surface area contributed by atoms with Crippen molar-refractivity contribution < 1.29 is 9.59 Å². The van der Waals surface area contributed by atoms with Crippen molar-refractivity contribution in [3.63, 3.8) is 0 Å². The minimum Gasteiger partial charge on any atom is -0.303 e. The molecule has 106 valence electrons. The van der Waals surface area contributed by atoms with Crippen LogP contribution in [0.15, 0.2) is 36.7 Å². The molecule has 6 heteroatoms. The second-order valence-electron chi connectivity index (χ2n) is 4.64. The van der Waals surface area contributed by atoms with Crippen LogP contribution in [0, 0.1) is 0 Å². The molecule has 0 fully saturated rings. The Balaban J connectivity index is 1.93. The first-order valence-electron chi connectivity index (χ1n) is 6.32. The highest BCUT2D eigenvalue weighted by Crippen LogP contribution is 2.39. The Bertz CT molecular complexity index is 732. The van der Waals surface area contributed by atoms with Crippen LogP contribution >= 0.6 is 23.2 Å². The lowest BCUT2D eigenvalue weighted by Crippen LogP contribution is -2.31. The summed E-state index contributed by atoms with van der Waals surface area (Å²) in [5.41, 5.74) is 1.63. The average molecular weight is 321 g/mol. The van der Waals surface area contributed by atoms with E-state index in [0.717, 1.165) is 5.56 Å². The number of rotatable bonds is 3. The van der Waals surface area contributed by atoms with E-state index in [1.165, 1.54) is 11.0 Å². The van der Waals surface area contributed by atoms with Crippen molar-refractivity contribution in [1.29, 1.82) is 0 Å². The van der Waals surface area contributed by atoms with Crippen LogP contribution < -0.4 is 4.90 Å². The third-order valence-corrected chi connectivity index (χ3v) is 4.01. The van der Waals surface area contributed by atoms with Gasteiger partial charge < -0.3 is 4.90 Å². The summed E-state index contributed by atoms with van der Waals surface area (Å²) in [5, 5.41) is 0.600. The van der Waals surface area contributed by atoms with Crippen LogP contribution in [-0.2, 0) is 11.2 Å². The quantitative estimate of drug-likeness (QED) is 0.816. The van der Waals surface area contributed by atoms with Gasteiger partial charge in [-0.25, -0.2) is 0 Å². The van der Waals surface area contributed by atoms with Crippen LogP contribution in [0.25, 0.3) is 0 Å². The molecular weight excluding hydrogens is 311 g/mol. The number of ketones is 1. The second-order valence-corrected chi connectivity index (χ2v) is 5.46. The monoisotopic (exact) mass is 320 g/mol. The van der Waals surface area contributed by atoms with Gasteiger partial charge in [0.25, 0.3) is 11.7 Å². The van der Waals surface area contributed by atoms with Gasteiger partial charge in [-0.2, -0.15) is 0 Å². The van der Waals surface area contributed by atoms with Gasteiger partial charge in [-0.15, -0.1) is 0 Å². The lowest BCUT2D eigenvalue weighted by Gasteiger charge is -2.17. The Hall–Kier alpha value is -1.91. The number of halogens is 2. The highest BCUT2D eigenvalue weighted by atomic mass is 35.5. The van der Waals surface area contributed by atoms with Crippen molar-refractivity contribution in [3.05, 3.63) is 57.8 Å². The third-order valence-electron chi connectivity index (χ3n) is 3.39. The van der Waals surface area contributed by atoms with Crippen LogP contribution in [-0.4, -0.2) is 23.2 Å². The zero-order valence-corrected chi connectivity index (χ0v) is 12.4. The largest absolute Gasteiger partial charge is 0.303 e. The van der Waals surface area contributed by atoms with Crippen LogP contribution in [0.2, 0.25) is 10.0 Å². The molecule has 0 bridgehead atoms. The number of benzene rings is 1. The molecule has 4 nitrogen and oxygen atoms in total. The molecule has 0 radical (unpaired) electrons. The molecule has 0 aliphatic carbocycles. The van der Waals surface area contributed by atoms with E-state index in [0.29, 0.717) is 23.7 Å². The third kappa shape index (κ3) is 2.41. The van der Waals surface area contributed by atoms with Gasteiger partial charge in [0, 0.05) is 18.9 Å². The number of aromatic nitrogens is 1. The maximum Gasteiger partial charge on any atom is 0.299 e. The summed E-state index contributed by atoms with van der Waals surface area (Å²) in [6, 6.07) is 6.85. The number of hydrogen-bond acceptors (Lipinski definition) is 3. The molecule has 1 aromatic carbocycles. The smallest absolute Gasteiger partial charge is 0.299 e. The zero-order valence-electron chi connectivity index (χ0n) is 10.8. The zero-order chi connectivity index (χ0) is 15.0. The van der Waals surface area contributed by atoms with Crippen LogP contribution in [0.1, 0.15) is 15.9 Å². The van der Waals surface area contributed by atoms with Crippen molar-refractivity contribution in [2.75, 3.05) is 11.4 Å². The number of amides is 1. The first kappa shape index (κ1) is 14.0. The fraction of sp³-hybridized carbons (Fsp3) is 0.133. The first-order chi connectivity index (χ1) is 10.1. The molecule has 0 saturated heterocycles. The van der Waals surface area contributed by atoms with Gasteiger partial charge in [-0.3, -0.25) is 14.6 Å². The maximum absolute atomic E-state index is 12.1. The average Bonchev–Trinajstić information content (AvgIpc) is 2.75. The summed E-state index contributed by atoms with van der Waals surface area (Å²) in [6.07, 6.45) is 3.97. The number of carbonyl (C=O) groups excluding carboxylic acids is 2. The summed E-state index contributed by atoms with van der Waals surface area (Å²) >= 11 is 12.2. The maximum atomic E-state index is 12.1. The van der Waals surface area contributed by atoms with Crippen LogP contribution in [0.5, 0.6) is 0 Å². The van der Waals surface area contributed by atoms with Crippen molar-refractivity contribution >= 4 is 40.6 Å². The fourth-order valence-electron chi connectivity index (χ4n) is 2.36. The summed E-state index contributed by atoms with van der Waals surface area (Å²) in [5.74, 6) is -1.19. The van der Waals surface area contributed by atoms with Crippen molar-refractivity contribution in [1.82, 2.24) is 4.98 Å². The molecule has 0 N–H and O–H groups in total. The molecule has 21 heavy (non-hydrogen) atoms. The van der Waals surface area contributed by atoms with E-state index in [9.17, 15) is 9.59 Å². The Kier molecular flexibility index (Phi) is 3.66. The van der Waals surface area contributed by atoms with Crippen LogP contribution in [0.4, 0.5) is 5.69 Å². The molecule has 2 heterocycles. The molecular formula is C15H10Cl2N2O2. The van der Waals surface area contributed by atoms with Crippen molar-refractivity contribution in [3.8, 4) is 0 Å². The van der Waals surface area contributed by atoms with Crippen molar-refractivity contribution in [2.24, 2.45) is 0 Å². The number of pyridine rings is 1. The first-order valence-corrected chi connectivity index (χ1v) is 7.08. The standard InChI is InChI=1S/C15H10Cl2N2O2/c16-10-1-2-11(17)13-12(10)14(20)15(21)19(13)8-5-9-3-6-18-7-4-9/h1-4,6-7H,5,8H2. The van der Waals surface area contributed by atoms with E-state index in [1.54, 1.807) is 18.5 Å². The number of hydrogen-bond donors (Lipinski definition) is 0. The predicted molar refractivity (Wildman–Crippen MR) is 81.1 cm³/mol. The minimum absolute atomic E-state index is 0.198. The summed E-state index contributed by atoms with van der Waals surface area (Å²) in [7, 11) is 0. The summed E-state index contributed by atoms with van der Waals surface area (Å²) < 4.78 is 0. The Morgan fingerprint density at radius 2 is 1.67 bits per heavy atom. The molecule has 1 aliphatic heterocycles. The molecule has 1 aromatic heterocycles. The molecule has 0 unspecified atom stereocenters. The van der Waals surface area contributed by atoms with E-state index >= 15 is 0 Å². The Labute approximate surface area is 131 Å². The number of nitrogens with zero attached hydrogens (tertiary/aromatic N) is 2. The van der Waals surface area contributed by atoms with E-state index in [4.69, 9.17) is 23.2 Å². The van der Waals surface area contributed by atoms with E-state index in [-0.39, 0.29) is 10.6 Å². The van der Waals surface area contributed by atoms with E-state index in [2.05, 4.69) is 4.98 Å². The number of carbonyl (C=O) groups is 2.